The molecule has 0 fully saturated rings. The molecule has 4 nitrogen and oxygen atoms in total. The van der Waals surface area contributed by atoms with Crippen LogP contribution >= 0.6 is 0 Å². The third-order valence-corrected chi connectivity index (χ3v) is 5.54. The summed E-state index contributed by atoms with van der Waals surface area (Å²) in [4.78, 5) is 8.77. The fourth-order valence-electron chi connectivity index (χ4n) is 3.53. The molecule has 1 heterocycles. The van der Waals surface area contributed by atoms with Gasteiger partial charge in [-0.2, -0.15) is 0 Å². The fourth-order valence-corrected chi connectivity index (χ4v) is 3.53. The Morgan fingerprint density at radius 1 is 0.970 bits per heavy atom. The van der Waals surface area contributed by atoms with Gasteiger partial charge in [0.2, 0.25) is 0 Å². The first kappa shape index (κ1) is 24.6. The topological polar surface area (TPSA) is 55.2 Å². The number of allylic oxidation sites excluding steroid dienone is 1. The summed E-state index contributed by atoms with van der Waals surface area (Å²) in [5, 5.41) is 9.41. The molecule has 3 rings (SSSR count). The Kier molecular flexibility index (Phi) is 9.58. The van der Waals surface area contributed by atoms with Gasteiger partial charge in [0.15, 0.2) is 5.82 Å². The van der Waals surface area contributed by atoms with Crippen LogP contribution < -0.4 is 0 Å². The number of nitrogens with zero attached hydrogens (tertiary/aromatic N) is 2. The molecule has 1 unspecified atom stereocenters. The average molecular weight is 449 g/mol. The van der Waals surface area contributed by atoms with Crippen LogP contribution in [0.25, 0.3) is 28.6 Å². The molecule has 0 aliphatic rings. The van der Waals surface area contributed by atoms with Crippen molar-refractivity contribution in [2.45, 2.75) is 58.5 Å². The van der Waals surface area contributed by atoms with Crippen LogP contribution in [0.4, 0.5) is 4.39 Å². The number of hydrogen-bond donors (Lipinski definition) is 1. The van der Waals surface area contributed by atoms with Gasteiger partial charge in [-0.3, -0.25) is 0 Å². The van der Waals surface area contributed by atoms with E-state index in [4.69, 9.17) is 4.74 Å². The molecule has 0 saturated heterocycles. The normalized spacial score (nSPS) is 12.3. The lowest BCUT2D eigenvalue weighted by atomic mass is 10.1. The highest BCUT2D eigenvalue weighted by Gasteiger charge is 2.07. The van der Waals surface area contributed by atoms with Gasteiger partial charge in [-0.15, -0.1) is 0 Å². The molecule has 0 saturated carbocycles. The Hall–Kier alpha value is -3.05. The molecule has 0 aliphatic heterocycles. The molecule has 0 bridgehead atoms. The van der Waals surface area contributed by atoms with Crippen LogP contribution in [0.2, 0.25) is 0 Å². The maximum Gasteiger partial charge on any atom is 0.159 e. The lowest BCUT2D eigenvalue weighted by molar-refractivity contribution is 0.0566. The molecule has 33 heavy (non-hydrogen) atoms. The summed E-state index contributed by atoms with van der Waals surface area (Å²) in [7, 11) is 0. The van der Waals surface area contributed by atoms with E-state index in [0.29, 0.717) is 17.0 Å². The smallest absolute Gasteiger partial charge is 0.159 e. The van der Waals surface area contributed by atoms with Gasteiger partial charge in [0.05, 0.1) is 6.10 Å². The molecular formula is C28H33FN2O2. The van der Waals surface area contributed by atoms with Gasteiger partial charge < -0.3 is 9.84 Å². The Labute approximate surface area is 196 Å². The maximum absolute atomic E-state index is 14.6. The van der Waals surface area contributed by atoms with E-state index in [1.54, 1.807) is 42.7 Å². The molecule has 174 valence electrons. The highest BCUT2D eigenvalue weighted by Crippen LogP contribution is 2.24. The van der Waals surface area contributed by atoms with Crippen molar-refractivity contribution in [3.05, 3.63) is 72.3 Å². The number of unbranched alkanes of at least 4 members (excludes halogenated alkanes) is 3. The molecule has 0 radical (unpaired) electrons. The summed E-state index contributed by atoms with van der Waals surface area (Å²) in [6.07, 6.45) is 14.0. The Bertz CT molecular complexity index is 1020. The summed E-state index contributed by atoms with van der Waals surface area (Å²) in [6, 6.07) is 11.9. The standard InChI is InChI=1S/C28H33FN2O2/c1-3-4-8-17-33-21(2)9-6-5-7-10-23-11-12-24(18-27(23)29)28-30-19-25(20-31-28)22-13-15-26(32)16-14-22/h7,10-16,18-21,32H,3-6,8-9,17H2,1-2H3/b10-7+. The third kappa shape index (κ3) is 7.79. The highest BCUT2D eigenvalue weighted by molar-refractivity contribution is 5.65. The van der Waals surface area contributed by atoms with Gasteiger partial charge in [-0.05, 0) is 56.4 Å². The van der Waals surface area contributed by atoms with Gasteiger partial charge in [-0.25, -0.2) is 14.4 Å². The Morgan fingerprint density at radius 3 is 2.39 bits per heavy atom. The zero-order valence-corrected chi connectivity index (χ0v) is 19.5. The van der Waals surface area contributed by atoms with Crippen molar-refractivity contribution in [3.63, 3.8) is 0 Å². The van der Waals surface area contributed by atoms with Crippen LogP contribution in [0.1, 0.15) is 57.9 Å². The molecule has 1 atom stereocenters. The zero-order valence-electron chi connectivity index (χ0n) is 19.5. The molecule has 5 heteroatoms. The van der Waals surface area contributed by atoms with Gasteiger partial charge in [-0.1, -0.05) is 56.2 Å². The summed E-state index contributed by atoms with van der Waals surface area (Å²) in [6.45, 7) is 5.15. The van der Waals surface area contributed by atoms with Gasteiger partial charge in [0, 0.05) is 35.7 Å². The number of aromatic nitrogens is 2. The Balaban J connectivity index is 1.51. The quantitative estimate of drug-likeness (QED) is 0.293. The van der Waals surface area contributed by atoms with Crippen molar-refractivity contribution < 1.29 is 14.2 Å². The number of benzene rings is 2. The van der Waals surface area contributed by atoms with E-state index in [1.807, 2.05) is 18.2 Å². The van der Waals surface area contributed by atoms with E-state index in [9.17, 15) is 9.50 Å². The molecule has 0 spiro atoms. The van der Waals surface area contributed by atoms with Crippen LogP contribution in [0.5, 0.6) is 5.75 Å². The van der Waals surface area contributed by atoms with Crippen molar-refractivity contribution in [1.82, 2.24) is 9.97 Å². The van der Waals surface area contributed by atoms with E-state index in [2.05, 4.69) is 23.8 Å². The van der Waals surface area contributed by atoms with Crippen LogP contribution in [-0.2, 0) is 4.74 Å². The molecule has 0 amide bonds. The lowest BCUT2D eigenvalue weighted by Crippen LogP contribution is -2.08. The summed E-state index contributed by atoms with van der Waals surface area (Å²) in [5.74, 6) is 0.393. The predicted molar refractivity (Wildman–Crippen MR) is 132 cm³/mol. The van der Waals surface area contributed by atoms with Crippen molar-refractivity contribution in [3.8, 4) is 28.3 Å². The first-order valence-electron chi connectivity index (χ1n) is 11.8. The molecule has 1 aromatic heterocycles. The van der Waals surface area contributed by atoms with Crippen LogP contribution in [0.15, 0.2) is 60.9 Å². The number of ether oxygens (including phenoxy) is 1. The van der Waals surface area contributed by atoms with Crippen molar-refractivity contribution in [1.29, 1.82) is 0 Å². The first-order valence-corrected chi connectivity index (χ1v) is 11.8. The largest absolute Gasteiger partial charge is 0.508 e. The minimum atomic E-state index is -0.289. The second kappa shape index (κ2) is 12.9. The van der Waals surface area contributed by atoms with Crippen molar-refractivity contribution in [2.75, 3.05) is 6.61 Å². The van der Waals surface area contributed by atoms with E-state index in [1.165, 1.54) is 18.9 Å². The summed E-state index contributed by atoms with van der Waals surface area (Å²) in [5.41, 5.74) is 2.93. The van der Waals surface area contributed by atoms with Crippen LogP contribution in [-0.4, -0.2) is 27.8 Å². The van der Waals surface area contributed by atoms with E-state index in [-0.39, 0.29) is 17.7 Å². The molecule has 3 aromatic rings. The van der Waals surface area contributed by atoms with Gasteiger partial charge in [0.25, 0.3) is 0 Å². The molecular weight excluding hydrogens is 415 g/mol. The summed E-state index contributed by atoms with van der Waals surface area (Å²) >= 11 is 0. The summed E-state index contributed by atoms with van der Waals surface area (Å²) < 4.78 is 20.4. The van der Waals surface area contributed by atoms with Gasteiger partial charge in [0.1, 0.15) is 11.6 Å². The van der Waals surface area contributed by atoms with Gasteiger partial charge >= 0.3 is 0 Å². The first-order chi connectivity index (χ1) is 16.1. The average Bonchev–Trinajstić information content (AvgIpc) is 2.83. The number of phenolic OH excluding ortho intramolecular Hbond substituents is 1. The second-order valence-electron chi connectivity index (χ2n) is 8.30. The monoisotopic (exact) mass is 448 g/mol. The molecule has 0 aliphatic carbocycles. The van der Waals surface area contributed by atoms with Crippen LogP contribution in [0.3, 0.4) is 0 Å². The van der Waals surface area contributed by atoms with Crippen molar-refractivity contribution >= 4 is 6.08 Å². The lowest BCUT2D eigenvalue weighted by Gasteiger charge is -2.12. The van der Waals surface area contributed by atoms with Crippen molar-refractivity contribution in [2.24, 2.45) is 0 Å². The number of phenols is 1. The number of aromatic hydroxyl groups is 1. The Morgan fingerprint density at radius 2 is 1.70 bits per heavy atom. The number of halogens is 1. The molecule has 1 N–H and O–H groups in total. The van der Waals surface area contributed by atoms with E-state index in [0.717, 1.165) is 43.4 Å². The fraction of sp³-hybridized carbons (Fsp3) is 0.357. The van der Waals surface area contributed by atoms with Crippen LogP contribution in [0, 0.1) is 5.82 Å². The number of hydrogen-bond acceptors (Lipinski definition) is 4. The third-order valence-electron chi connectivity index (χ3n) is 5.54. The minimum Gasteiger partial charge on any atom is -0.508 e. The maximum atomic E-state index is 14.6. The minimum absolute atomic E-state index is 0.210. The zero-order chi connectivity index (χ0) is 23.5. The van der Waals surface area contributed by atoms with E-state index >= 15 is 0 Å². The highest BCUT2D eigenvalue weighted by atomic mass is 19.1. The SMILES string of the molecule is CCCCCOC(C)CCC/C=C/c1ccc(-c2ncc(-c3ccc(O)cc3)cn2)cc1F. The second-order valence-corrected chi connectivity index (χ2v) is 8.30. The predicted octanol–water partition coefficient (Wildman–Crippen LogP) is 7.43. The number of rotatable bonds is 12. The van der Waals surface area contributed by atoms with E-state index < -0.39 is 0 Å². The molecule has 2 aromatic carbocycles.